The topological polar surface area (TPSA) is 78.0 Å². The molecule has 12 heavy (non-hydrogen) atoms. The molecule has 0 fully saturated rings. The second-order valence-corrected chi connectivity index (χ2v) is 2.45. The zero-order chi connectivity index (χ0) is 8.97. The van der Waals surface area contributed by atoms with E-state index >= 15 is 0 Å². The first-order valence-corrected chi connectivity index (χ1v) is 3.95. The van der Waals surface area contributed by atoms with Gasteiger partial charge in [0, 0.05) is 11.8 Å². The van der Waals surface area contributed by atoms with E-state index < -0.39 is 5.69 Å². The van der Waals surface area contributed by atoms with Crippen LogP contribution in [0, 0.1) is 0 Å². The molecule has 5 nitrogen and oxygen atoms in total. The van der Waals surface area contributed by atoms with Gasteiger partial charge in [0.1, 0.15) is 5.82 Å². The molecule has 1 heterocycles. The van der Waals surface area contributed by atoms with Gasteiger partial charge in [-0.05, 0) is 11.1 Å². The third-order valence-electron chi connectivity index (χ3n) is 1.20. The summed E-state index contributed by atoms with van der Waals surface area (Å²) in [5.41, 5.74) is 1.92. The van der Waals surface area contributed by atoms with Gasteiger partial charge >= 0.3 is 5.69 Å². The summed E-state index contributed by atoms with van der Waals surface area (Å²) in [4.78, 5) is 18.0. The van der Waals surface area contributed by atoms with Gasteiger partial charge in [0.15, 0.2) is 0 Å². The lowest BCUT2D eigenvalue weighted by Crippen LogP contribution is -2.12. The van der Waals surface area contributed by atoms with Crippen LogP contribution in [0.3, 0.4) is 0 Å². The molecule has 0 unspecified atom stereocenters. The Morgan fingerprint density at radius 1 is 1.75 bits per heavy atom. The molecular formula is C6H6BrN3O2. The summed E-state index contributed by atoms with van der Waals surface area (Å²) in [6, 6.07) is 0. The maximum Gasteiger partial charge on any atom is 0.346 e. The normalized spacial score (nSPS) is 10.5. The third kappa shape index (κ3) is 1.93. The number of rotatable bonds is 2. The zero-order valence-electron chi connectivity index (χ0n) is 5.91. The quantitative estimate of drug-likeness (QED) is 0.663. The molecule has 1 aromatic rings. The molecule has 0 aliphatic carbocycles. The number of nitrogens with zero attached hydrogens (tertiary/aromatic N) is 1. The predicted molar refractivity (Wildman–Crippen MR) is 48.2 cm³/mol. The largest absolute Gasteiger partial charge is 0.346 e. The molecule has 0 bridgehead atoms. The van der Waals surface area contributed by atoms with Gasteiger partial charge in [-0.3, -0.25) is 15.7 Å². The Balaban J connectivity index is 3.19. The van der Waals surface area contributed by atoms with Crippen LogP contribution in [0.2, 0.25) is 0 Å². The maximum atomic E-state index is 10.7. The minimum absolute atomic E-state index is 0.214. The first kappa shape index (κ1) is 8.95. The van der Waals surface area contributed by atoms with E-state index in [1.54, 1.807) is 11.1 Å². The predicted octanol–water partition coefficient (Wildman–Crippen LogP) is 0.937. The lowest BCUT2D eigenvalue weighted by atomic mass is 10.3. The Kier molecular flexibility index (Phi) is 3.01. The van der Waals surface area contributed by atoms with Gasteiger partial charge in [0.05, 0.1) is 0 Å². The molecule has 0 saturated heterocycles. The molecule has 3 N–H and O–H groups in total. The summed E-state index contributed by atoms with van der Waals surface area (Å²) in [5, 5.41) is 8.57. The molecule has 64 valence electrons. The number of aromatic nitrogens is 2. The van der Waals surface area contributed by atoms with Crippen molar-refractivity contribution in [1.29, 1.82) is 0 Å². The highest BCUT2D eigenvalue weighted by Gasteiger charge is 1.98. The smallest absolute Gasteiger partial charge is 0.290 e. The van der Waals surface area contributed by atoms with Crippen molar-refractivity contribution in [2.75, 3.05) is 5.48 Å². The molecule has 0 radical (unpaired) electrons. The Morgan fingerprint density at radius 2 is 2.50 bits per heavy atom. The number of anilines is 1. The SMILES string of the molecule is O=c1ncc(C=CBr)c(NO)[nH]1. The number of hydrogen-bond acceptors (Lipinski definition) is 4. The summed E-state index contributed by atoms with van der Waals surface area (Å²) < 4.78 is 0. The molecule has 6 heteroatoms. The monoisotopic (exact) mass is 231 g/mol. The maximum absolute atomic E-state index is 10.7. The number of H-pyrrole nitrogens is 1. The van der Waals surface area contributed by atoms with Crippen molar-refractivity contribution in [2.45, 2.75) is 0 Å². The van der Waals surface area contributed by atoms with Crippen molar-refractivity contribution in [2.24, 2.45) is 0 Å². The van der Waals surface area contributed by atoms with Crippen molar-refractivity contribution in [3.8, 4) is 0 Å². The molecule has 0 amide bonds. The van der Waals surface area contributed by atoms with E-state index in [4.69, 9.17) is 5.21 Å². The van der Waals surface area contributed by atoms with Gasteiger partial charge in [-0.25, -0.2) is 9.78 Å². The number of aromatic amines is 1. The third-order valence-corrected chi connectivity index (χ3v) is 1.46. The van der Waals surface area contributed by atoms with E-state index in [0.717, 1.165) is 0 Å². The Hall–Kier alpha value is -1.14. The summed E-state index contributed by atoms with van der Waals surface area (Å²) in [7, 11) is 0. The van der Waals surface area contributed by atoms with Gasteiger partial charge in [-0.2, -0.15) is 0 Å². The fourth-order valence-electron chi connectivity index (χ4n) is 0.691. The fraction of sp³-hybridized carbons (Fsp3) is 0. The van der Waals surface area contributed by atoms with Crippen molar-refractivity contribution in [1.82, 2.24) is 9.97 Å². The van der Waals surface area contributed by atoms with Crippen LogP contribution >= 0.6 is 15.9 Å². The highest BCUT2D eigenvalue weighted by Crippen LogP contribution is 2.09. The molecule has 1 rings (SSSR count). The number of halogens is 1. The molecule has 0 aliphatic rings. The highest BCUT2D eigenvalue weighted by atomic mass is 79.9. The number of nitrogens with one attached hydrogen (secondary N) is 2. The van der Waals surface area contributed by atoms with Crippen LogP contribution in [-0.2, 0) is 0 Å². The molecular weight excluding hydrogens is 226 g/mol. The lowest BCUT2D eigenvalue weighted by Gasteiger charge is -2.00. The molecule has 0 spiro atoms. The molecule has 0 aromatic carbocycles. The van der Waals surface area contributed by atoms with Gasteiger partial charge in [-0.15, -0.1) is 0 Å². The van der Waals surface area contributed by atoms with Crippen LogP contribution in [0.5, 0.6) is 0 Å². The lowest BCUT2D eigenvalue weighted by molar-refractivity contribution is 0.385. The summed E-state index contributed by atoms with van der Waals surface area (Å²) in [6.07, 6.45) is 2.97. The van der Waals surface area contributed by atoms with E-state index in [9.17, 15) is 4.79 Å². The Bertz CT molecular complexity index is 347. The average molecular weight is 232 g/mol. The van der Waals surface area contributed by atoms with Gasteiger partial charge < -0.3 is 0 Å². The van der Waals surface area contributed by atoms with Crippen molar-refractivity contribution in [3.05, 3.63) is 27.2 Å². The van der Waals surface area contributed by atoms with E-state index in [-0.39, 0.29) is 5.82 Å². The van der Waals surface area contributed by atoms with Crippen LogP contribution in [0.4, 0.5) is 5.82 Å². The van der Waals surface area contributed by atoms with Crippen molar-refractivity contribution in [3.63, 3.8) is 0 Å². The number of hydrogen-bond donors (Lipinski definition) is 3. The fourth-order valence-corrected chi connectivity index (χ4v) is 0.976. The minimum atomic E-state index is -0.515. The van der Waals surface area contributed by atoms with Crippen LogP contribution in [0.15, 0.2) is 16.0 Å². The van der Waals surface area contributed by atoms with Crippen LogP contribution in [0.1, 0.15) is 5.56 Å². The standard InChI is InChI=1S/C6H6BrN3O2/c7-2-1-4-3-8-6(11)9-5(4)10-12/h1-3,12H,(H2,8,9,10,11). The molecule has 1 aromatic heterocycles. The average Bonchev–Trinajstić information content (AvgIpc) is 2.08. The van der Waals surface area contributed by atoms with Crippen molar-refractivity contribution >= 4 is 27.8 Å². The molecule has 0 atom stereocenters. The first-order valence-electron chi connectivity index (χ1n) is 3.04. The van der Waals surface area contributed by atoms with E-state index in [0.29, 0.717) is 5.56 Å². The molecule has 0 saturated carbocycles. The van der Waals surface area contributed by atoms with E-state index in [2.05, 4.69) is 25.9 Å². The highest BCUT2D eigenvalue weighted by molar-refractivity contribution is 9.11. The van der Waals surface area contributed by atoms with Gasteiger partial charge in [-0.1, -0.05) is 15.9 Å². The first-order chi connectivity index (χ1) is 5.77. The Morgan fingerprint density at radius 3 is 3.08 bits per heavy atom. The summed E-state index contributed by atoms with van der Waals surface area (Å²) in [5.74, 6) is 0.214. The van der Waals surface area contributed by atoms with Crippen LogP contribution in [-0.4, -0.2) is 15.2 Å². The zero-order valence-corrected chi connectivity index (χ0v) is 7.50. The van der Waals surface area contributed by atoms with E-state index in [1.165, 1.54) is 6.20 Å². The van der Waals surface area contributed by atoms with Crippen LogP contribution in [0.25, 0.3) is 6.08 Å². The van der Waals surface area contributed by atoms with E-state index in [1.807, 2.05) is 5.48 Å². The van der Waals surface area contributed by atoms with Gasteiger partial charge in [0.25, 0.3) is 0 Å². The van der Waals surface area contributed by atoms with Crippen LogP contribution < -0.4 is 11.2 Å². The molecule has 0 aliphatic heterocycles. The summed E-state index contributed by atoms with van der Waals surface area (Å²) >= 11 is 3.06. The second-order valence-electron chi connectivity index (χ2n) is 1.92. The second kappa shape index (κ2) is 4.03. The summed E-state index contributed by atoms with van der Waals surface area (Å²) in [6.45, 7) is 0. The Labute approximate surface area is 76.2 Å². The van der Waals surface area contributed by atoms with Crippen molar-refractivity contribution < 1.29 is 5.21 Å². The van der Waals surface area contributed by atoms with Gasteiger partial charge in [0.2, 0.25) is 0 Å². The minimum Gasteiger partial charge on any atom is -0.290 e.